The molecule has 1 unspecified atom stereocenters. The number of hydrogen-bond donors (Lipinski definition) is 0. The first-order valence-electron chi connectivity index (χ1n) is 17.5. The maximum atomic E-state index is 3.02. The van der Waals surface area contributed by atoms with Gasteiger partial charge in [0.05, 0.1) is 0 Å². The Balaban J connectivity index is 1.83. The summed E-state index contributed by atoms with van der Waals surface area (Å²) < 4.78 is 0. The second kappa shape index (κ2) is 20.9. The van der Waals surface area contributed by atoms with Crippen molar-refractivity contribution in [1.29, 1.82) is 0 Å². The number of nitrogens with zero attached hydrogens (tertiary/aromatic N) is 1. The van der Waals surface area contributed by atoms with E-state index in [-0.39, 0.29) is 0 Å². The van der Waals surface area contributed by atoms with E-state index in [4.69, 9.17) is 0 Å². The quantitative estimate of drug-likeness (QED) is 0.118. The fraction of sp³-hybridized carbons (Fsp3) is 1.00. The summed E-state index contributed by atoms with van der Waals surface area (Å²) in [6.07, 6.45) is 35.3. The van der Waals surface area contributed by atoms with Crippen molar-refractivity contribution in [3.63, 3.8) is 0 Å². The minimum Gasteiger partial charge on any atom is -0.300 e. The molecule has 0 N–H and O–H groups in total. The van der Waals surface area contributed by atoms with Gasteiger partial charge >= 0.3 is 0 Å². The third-order valence-corrected chi connectivity index (χ3v) is 10.1. The summed E-state index contributed by atoms with van der Waals surface area (Å²) in [6, 6.07) is 0.899. The molecule has 1 nitrogen and oxygen atoms in total. The monoisotopic (exact) mass is 504 g/mol. The van der Waals surface area contributed by atoms with Gasteiger partial charge in [-0.05, 0) is 49.4 Å². The maximum Gasteiger partial charge on any atom is 0.00954 e. The molecule has 0 spiro atoms. The Morgan fingerprint density at radius 2 is 0.833 bits per heavy atom. The normalized spacial score (nSPS) is 22.3. The molecular formula is C35H69N. The molecular weight excluding hydrogens is 434 g/mol. The molecule has 2 rings (SSSR count). The van der Waals surface area contributed by atoms with E-state index >= 15 is 0 Å². The largest absolute Gasteiger partial charge is 0.300 e. The summed E-state index contributed by atoms with van der Waals surface area (Å²) >= 11 is 0. The smallest absolute Gasteiger partial charge is 0.00954 e. The van der Waals surface area contributed by atoms with E-state index in [9.17, 15) is 0 Å². The van der Waals surface area contributed by atoms with Gasteiger partial charge in [0.1, 0.15) is 0 Å². The minimum atomic E-state index is 0.899. The van der Waals surface area contributed by atoms with E-state index in [1.54, 1.807) is 12.8 Å². The van der Waals surface area contributed by atoms with Crippen LogP contribution >= 0.6 is 0 Å². The van der Waals surface area contributed by atoms with E-state index in [1.165, 1.54) is 154 Å². The van der Waals surface area contributed by atoms with Crippen LogP contribution in [-0.2, 0) is 0 Å². The van der Waals surface area contributed by atoms with Gasteiger partial charge in [0, 0.05) is 19.1 Å². The number of likely N-dealkylation sites (tertiary alicyclic amines) is 1. The van der Waals surface area contributed by atoms with Gasteiger partial charge in [0.25, 0.3) is 0 Å². The van der Waals surface area contributed by atoms with Gasteiger partial charge in [0.15, 0.2) is 0 Å². The van der Waals surface area contributed by atoms with Crippen molar-refractivity contribution in [2.24, 2.45) is 23.7 Å². The molecule has 2 fully saturated rings. The van der Waals surface area contributed by atoms with Gasteiger partial charge in [-0.15, -0.1) is 0 Å². The zero-order valence-corrected chi connectivity index (χ0v) is 25.7. The Labute approximate surface area is 229 Å². The average Bonchev–Trinajstić information content (AvgIpc) is 3.46. The summed E-state index contributed by atoms with van der Waals surface area (Å²) in [5, 5.41) is 0. The zero-order valence-electron chi connectivity index (χ0n) is 25.7. The first kappa shape index (κ1) is 32.2. The maximum absolute atomic E-state index is 3.02. The van der Waals surface area contributed by atoms with Crippen LogP contribution in [0.3, 0.4) is 0 Å². The lowest BCUT2D eigenvalue weighted by Crippen LogP contribution is -2.34. The Kier molecular flexibility index (Phi) is 18.6. The van der Waals surface area contributed by atoms with E-state index in [0.29, 0.717) is 0 Å². The highest BCUT2D eigenvalue weighted by molar-refractivity contribution is 4.96. The Morgan fingerprint density at radius 1 is 0.472 bits per heavy atom. The van der Waals surface area contributed by atoms with E-state index < -0.39 is 0 Å². The molecule has 0 radical (unpaired) electrons. The lowest BCUT2D eigenvalue weighted by Gasteiger charge is -2.31. The van der Waals surface area contributed by atoms with Crippen LogP contribution in [0.2, 0.25) is 0 Å². The fourth-order valence-electron chi connectivity index (χ4n) is 7.82. The third-order valence-electron chi connectivity index (χ3n) is 10.1. The highest BCUT2D eigenvalue weighted by Crippen LogP contribution is 2.47. The Morgan fingerprint density at radius 3 is 1.25 bits per heavy atom. The van der Waals surface area contributed by atoms with Gasteiger partial charge in [-0.3, -0.25) is 4.90 Å². The van der Waals surface area contributed by atoms with Crippen LogP contribution in [0.25, 0.3) is 0 Å². The molecule has 0 aromatic rings. The summed E-state index contributed by atoms with van der Waals surface area (Å²) in [5.74, 6) is 4.18. The zero-order chi connectivity index (χ0) is 25.8. The number of hydrogen-bond acceptors (Lipinski definition) is 1. The Hall–Kier alpha value is -0.0400. The SMILES string of the molecule is CCCCCCCC(CCCCCCC)N1C[C@H]2CC(C(CCCCCC)CCCCCC)C[C@H]2C1. The van der Waals surface area contributed by atoms with Crippen LogP contribution in [0.4, 0.5) is 0 Å². The predicted molar refractivity (Wildman–Crippen MR) is 163 cm³/mol. The van der Waals surface area contributed by atoms with Crippen molar-refractivity contribution in [2.75, 3.05) is 13.1 Å². The molecule has 1 saturated carbocycles. The lowest BCUT2D eigenvalue weighted by molar-refractivity contribution is 0.179. The molecule has 1 aliphatic carbocycles. The predicted octanol–water partition coefficient (Wildman–Crippen LogP) is 11.6. The van der Waals surface area contributed by atoms with Crippen molar-refractivity contribution in [2.45, 2.75) is 188 Å². The second-order valence-corrected chi connectivity index (χ2v) is 13.2. The van der Waals surface area contributed by atoms with Gasteiger partial charge in [-0.2, -0.15) is 0 Å². The topological polar surface area (TPSA) is 3.24 Å². The molecule has 214 valence electrons. The van der Waals surface area contributed by atoms with Crippen molar-refractivity contribution < 1.29 is 0 Å². The van der Waals surface area contributed by atoms with Crippen LogP contribution in [0, 0.1) is 23.7 Å². The molecule has 0 aromatic heterocycles. The Bertz CT molecular complexity index is 447. The molecule has 1 heteroatoms. The second-order valence-electron chi connectivity index (χ2n) is 13.2. The standard InChI is InChI=1S/C35H69N/c1-5-9-13-17-21-25-35(26-22-18-14-10-6-2)36-29-33-27-32(28-34(33)30-36)31(23-19-15-11-7-3)24-20-16-12-8-4/h31-35H,5-30H2,1-4H3/t32?,33-,34+. The number of unbranched alkanes of at least 4 members (excludes halogenated alkanes) is 14. The average molecular weight is 504 g/mol. The van der Waals surface area contributed by atoms with Crippen LogP contribution in [0.5, 0.6) is 0 Å². The fourth-order valence-corrected chi connectivity index (χ4v) is 7.82. The van der Waals surface area contributed by atoms with Gasteiger partial charge in [-0.1, -0.05) is 156 Å². The summed E-state index contributed by atoms with van der Waals surface area (Å²) in [7, 11) is 0. The first-order chi connectivity index (χ1) is 17.7. The molecule has 1 saturated heterocycles. The molecule has 0 bridgehead atoms. The highest BCUT2D eigenvalue weighted by Gasteiger charge is 2.44. The van der Waals surface area contributed by atoms with Gasteiger partial charge < -0.3 is 0 Å². The summed E-state index contributed by atoms with van der Waals surface area (Å²) in [5.41, 5.74) is 0. The van der Waals surface area contributed by atoms with Crippen molar-refractivity contribution >= 4 is 0 Å². The lowest BCUT2D eigenvalue weighted by atomic mass is 9.81. The third kappa shape index (κ3) is 12.7. The van der Waals surface area contributed by atoms with E-state index in [2.05, 4.69) is 32.6 Å². The molecule has 36 heavy (non-hydrogen) atoms. The van der Waals surface area contributed by atoms with Crippen molar-refractivity contribution in [1.82, 2.24) is 4.90 Å². The first-order valence-corrected chi connectivity index (χ1v) is 17.5. The van der Waals surface area contributed by atoms with Gasteiger partial charge in [-0.25, -0.2) is 0 Å². The van der Waals surface area contributed by atoms with Crippen molar-refractivity contribution in [3.05, 3.63) is 0 Å². The molecule has 0 amide bonds. The molecule has 1 heterocycles. The number of rotatable bonds is 24. The minimum absolute atomic E-state index is 0.899. The molecule has 0 aromatic carbocycles. The highest BCUT2D eigenvalue weighted by atomic mass is 15.2. The molecule has 3 atom stereocenters. The van der Waals surface area contributed by atoms with Gasteiger partial charge in [0.2, 0.25) is 0 Å². The summed E-state index contributed by atoms with van der Waals surface area (Å²) in [4.78, 5) is 3.02. The van der Waals surface area contributed by atoms with E-state index in [1.807, 2.05) is 0 Å². The van der Waals surface area contributed by atoms with Crippen LogP contribution in [-0.4, -0.2) is 24.0 Å². The van der Waals surface area contributed by atoms with Crippen LogP contribution in [0.1, 0.15) is 182 Å². The van der Waals surface area contributed by atoms with E-state index in [0.717, 1.165) is 29.7 Å². The number of fused-ring (bicyclic) bond motifs is 1. The van der Waals surface area contributed by atoms with Crippen molar-refractivity contribution in [3.8, 4) is 0 Å². The molecule has 1 aliphatic heterocycles. The summed E-state index contributed by atoms with van der Waals surface area (Å²) in [6.45, 7) is 12.3. The molecule has 2 aliphatic rings. The van der Waals surface area contributed by atoms with Crippen LogP contribution in [0.15, 0.2) is 0 Å². The van der Waals surface area contributed by atoms with Crippen LogP contribution < -0.4 is 0 Å².